The van der Waals surface area contributed by atoms with E-state index in [1.165, 1.54) is 12.1 Å². The summed E-state index contributed by atoms with van der Waals surface area (Å²) in [5.41, 5.74) is -0.596. The SMILES string of the molecule is Cc1c(Cl)cccc1NC(=O)c1c[nH]c(=O)n(-c2ccc(F)cc2)c1=O. The normalized spacial score (nSPS) is 10.6. The van der Waals surface area contributed by atoms with Crippen molar-refractivity contribution in [2.75, 3.05) is 5.32 Å². The molecule has 0 aliphatic heterocycles. The maximum absolute atomic E-state index is 13.1. The van der Waals surface area contributed by atoms with E-state index in [2.05, 4.69) is 10.3 Å². The summed E-state index contributed by atoms with van der Waals surface area (Å²) in [5, 5.41) is 3.06. The zero-order valence-corrected chi connectivity index (χ0v) is 14.3. The number of nitrogens with zero attached hydrogens (tertiary/aromatic N) is 1. The van der Waals surface area contributed by atoms with Crippen molar-refractivity contribution in [3.63, 3.8) is 0 Å². The van der Waals surface area contributed by atoms with Crippen LogP contribution in [0.5, 0.6) is 0 Å². The summed E-state index contributed by atoms with van der Waals surface area (Å²) in [5.74, 6) is -1.21. The zero-order valence-electron chi connectivity index (χ0n) is 13.5. The van der Waals surface area contributed by atoms with Gasteiger partial charge >= 0.3 is 5.69 Å². The van der Waals surface area contributed by atoms with E-state index in [0.717, 1.165) is 22.9 Å². The van der Waals surface area contributed by atoms with Crippen LogP contribution in [0.1, 0.15) is 15.9 Å². The lowest BCUT2D eigenvalue weighted by molar-refractivity contribution is 0.102. The first-order chi connectivity index (χ1) is 12.4. The highest BCUT2D eigenvalue weighted by molar-refractivity contribution is 6.31. The summed E-state index contributed by atoms with van der Waals surface area (Å²) in [6, 6.07) is 9.75. The van der Waals surface area contributed by atoms with E-state index in [-0.39, 0.29) is 11.3 Å². The molecule has 0 fully saturated rings. The molecule has 1 heterocycles. The van der Waals surface area contributed by atoms with Crippen LogP contribution < -0.4 is 16.6 Å². The van der Waals surface area contributed by atoms with Gasteiger partial charge in [0.1, 0.15) is 11.4 Å². The summed E-state index contributed by atoms with van der Waals surface area (Å²) >= 11 is 6.02. The number of carbonyl (C=O) groups is 1. The Morgan fingerprint density at radius 3 is 2.54 bits per heavy atom. The summed E-state index contributed by atoms with van der Waals surface area (Å²) in [7, 11) is 0. The molecule has 3 rings (SSSR count). The quantitative estimate of drug-likeness (QED) is 0.740. The van der Waals surface area contributed by atoms with Crippen LogP contribution in [-0.2, 0) is 0 Å². The molecule has 0 saturated heterocycles. The topological polar surface area (TPSA) is 84.0 Å². The third-order valence-corrected chi connectivity index (χ3v) is 4.23. The first kappa shape index (κ1) is 17.6. The van der Waals surface area contributed by atoms with Crippen molar-refractivity contribution in [2.45, 2.75) is 6.92 Å². The number of hydrogen-bond acceptors (Lipinski definition) is 3. The standard InChI is InChI=1S/C18H13ClFN3O3/c1-10-14(19)3-2-4-15(10)22-16(24)13-9-21-18(26)23(17(13)25)12-7-5-11(20)6-8-12/h2-9H,1H3,(H,21,26)(H,22,24). The lowest BCUT2D eigenvalue weighted by Gasteiger charge is -2.10. The number of aromatic nitrogens is 2. The average Bonchev–Trinajstić information content (AvgIpc) is 2.60. The maximum Gasteiger partial charge on any atom is 0.333 e. The van der Waals surface area contributed by atoms with Crippen LogP contribution in [0.25, 0.3) is 5.69 Å². The maximum atomic E-state index is 13.1. The van der Waals surface area contributed by atoms with E-state index >= 15 is 0 Å². The van der Waals surface area contributed by atoms with E-state index in [9.17, 15) is 18.8 Å². The Kier molecular flexibility index (Phi) is 4.73. The number of carbonyl (C=O) groups excluding carboxylic acids is 1. The van der Waals surface area contributed by atoms with Crippen LogP contribution in [0.2, 0.25) is 5.02 Å². The van der Waals surface area contributed by atoms with Crippen LogP contribution in [-0.4, -0.2) is 15.5 Å². The van der Waals surface area contributed by atoms with Crippen molar-refractivity contribution < 1.29 is 9.18 Å². The molecule has 0 aliphatic rings. The molecule has 132 valence electrons. The number of hydrogen-bond donors (Lipinski definition) is 2. The van der Waals surface area contributed by atoms with Gasteiger partial charge in [-0.3, -0.25) is 9.59 Å². The molecule has 1 aromatic heterocycles. The Morgan fingerprint density at radius 2 is 1.85 bits per heavy atom. The number of nitrogens with one attached hydrogen (secondary N) is 2. The highest BCUT2D eigenvalue weighted by Crippen LogP contribution is 2.23. The van der Waals surface area contributed by atoms with Gasteiger partial charge in [-0.1, -0.05) is 17.7 Å². The van der Waals surface area contributed by atoms with E-state index in [1.807, 2.05) is 0 Å². The second kappa shape index (κ2) is 6.97. The average molecular weight is 374 g/mol. The third-order valence-electron chi connectivity index (χ3n) is 3.82. The molecule has 0 atom stereocenters. The van der Waals surface area contributed by atoms with Gasteiger partial charge in [0.25, 0.3) is 11.5 Å². The Bertz CT molecular complexity index is 1100. The van der Waals surface area contributed by atoms with E-state index in [0.29, 0.717) is 16.3 Å². The van der Waals surface area contributed by atoms with Gasteiger partial charge in [0, 0.05) is 16.9 Å². The van der Waals surface area contributed by atoms with E-state index in [1.54, 1.807) is 25.1 Å². The monoisotopic (exact) mass is 373 g/mol. The molecule has 8 heteroatoms. The zero-order chi connectivity index (χ0) is 18.8. The second-order valence-electron chi connectivity index (χ2n) is 5.49. The van der Waals surface area contributed by atoms with E-state index < -0.39 is 23.0 Å². The van der Waals surface area contributed by atoms with Gasteiger partial charge in [-0.05, 0) is 48.9 Å². The third kappa shape index (κ3) is 3.29. The number of H-pyrrole nitrogens is 1. The molecule has 0 saturated carbocycles. The van der Waals surface area contributed by atoms with Gasteiger partial charge in [-0.15, -0.1) is 0 Å². The van der Waals surface area contributed by atoms with Crippen molar-refractivity contribution in [3.8, 4) is 5.69 Å². The summed E-state index contributed by atoms with van der Waals surface area (Å²) in [4.78, 5) is 39.5. The summed E-state index contributed by atoms with van der Waals surface area (Å²) < 4.78 is 13.8. The number of halogens is 2. The van der Waals surface area contributed by atoms with Gasteiger partial charge in [0.2, 0.25) is 0 Å². The molecule has 6 nitrogen and oxygen atoms in total. The minimum atomic E-state index is -0.822. The molecule has 0 bridgehead atoms. The Morgan fingerprint density at radius 1 is 1.15 bits per heavy atom. The van der Waals surface area contributed by atoms with Crippen molar-refractivity contribution >= 4 is 23.2 Å². The fourth-order valence-electron chi connectivity index (χ4n) is 2.39. The Balaban J connectivity index is 2.04. The van der Waals surface area contributed by atoms with Crippen molar-refractivity contribution in [1.82, 2.24) is 9.55 Å². The highest BCUT2D eigenvalue weighted by Gasteiger charge is 2.17. The molecule has 0 radical (unpaired) electrons. The van der Waals surface area contributed by atoms with Crippen LogP contribution in [0.3, 0.4) is 0 Å². The van der Waals surface area contributed by atoms with Gasteiger partial charge in [-0.25, -0.2) is 13.8 Å². The summed E-state index contributed by atoms with van der Waals surface area (Å²) in [6.07, 6.45) is 1.04. The lowest BCUT2D eigenvalue weighted by atomic mass is 10.2. The minimum absolute atomic E-state index is 0.145. The molecular formula is C18H13ClFN3O3. The van der Waals surface area contributed by atoms with Crippen molar-refractivity contribution in [1.29, 1.82) is 0 Å². The summed E-state index contributed by atoms with van der Waals surface area (Å²) in [6.45, 7) is 1.72. The molecule has 26 heavy (non-hydrogen) atoms. The smallest absolute Gasteiger partial charge is 0.321 e. The molecular weight excluding hydrogens is 361 g/mol. The largest absolute Gasteiger partial charge is 0.333 e. The van der Waals surface area contributed by atoms with Crippen LogP contribution in [0.4, 0.5) is 10.1 Å². The molecule has 2 aromatic carbocycles. The molecule has 3 aromatic rings. The second-order valence-corrected chi connectivity index (χ2v) is 5.90. The highest BCUT2D eigenvalue weighted by atomic mass is 35.5. The van der Waals surface area contributed by atoms with Crippen LogP contribution in [0.15, 0.2) is 58.3 Å². The molecule has 0 aliphatic carbocycles. The Hall–Kier alpha value is -3.19. The number of amides is 1. The Labute approximate surface area is 151 Å². The van der Waals surface area contributed by atoms with Gasteiger partial charge in [-0.2, -0.15) is 0 Å². The molecule has 2 N–H and O–H groups in total. The number of rotatable bonds is 3. The lowest BCUT2D eigenvalue weighted by Crippen LogP contribution is -2.38. The van der Waals surface area contributed by atoms with Crippen molar-refractivity contribution in [2.24, 2.45) is 0 Å². The first-order valence-electron chi connectivity index (χ1n) is 7.55. The fraction of sp³-hybridized carbons (Fsp3) is 0.0556. The van der Waals surface area contributed by atoms with Crippen molar-refractivity contribution in [3.05, 3.63) is 91.5 Å². The van der Waals surface area contributed by atoms with Gasteiger partial charge in [0.05, 0.1) is 5.69 Å². The van der Waals surface area contributed by atoms with E-state index in [4.69, 9.17) is 11.6 Å². The number of anilines is 1. The number of aromatic amines is 1. The van der Waals surface area contributed by atoms with Crippen LogP contribution in [0, 0.1) is 12.7 Å². The number of benzene rings is 2. The molecule has 0 unspecified atom stereocenters. The first-order valence-corrected chi connectivity index (χ1v) is 7.93. The minimum Gasteiger partial charge on any atom is -0.321 e. The predicted molar refractivity (Wildman–Crippen MR) is 96.8 cm³/mol. The molecule has 0 spiro atoms. The van der Waals surface area contributed by atoms with Gasteiger partial charge < -0.3 is 10.3 Å². The van der Waals surface area contributed by atoms with Gasteiger partial charge in [0.15, 0.2) is 0 Å². The predicted octanol–water partition coefficient (Wildman–Crippen LogP) is 2.88. The molecule has 1 amide bonds. The fourth-order valence-corrected chi connectivity index (χ4v) is 2.57. The van der Waals surface area contributed by atoms with Crippen LogP contribution >= 0.6 is 11.6 Å².